The lowest BCUT2D eigenvalue weighted by Crippen LogP contribution is -2.46. The number of rotatable bonds is 32. The van der Waals surface area contributed by atoms with Gasteiger partial charge in [0.2, 0.25) is 11.8 Å². The molecule has 2 aromatic heterocycles. The number of carbonyl (C=O) groups is 3. The van der Waals surface area contributed by atoms with Gasteiger partial charge in [0.1, 0.15) is 36.3 Å². The summed E-state index contributed by atoms with van der Waals surface area (Å²) in [5.41, 5.74) is 4.28. The largest absolute Gasteiger partial charge is 0.481 e. The van der Waals surface area contributed by atoms with Crippen LogP contribution in [0.1, 0.15) is 97.6 Å². The highest BCUT2D eigenvalue weighted by molar-refractivity contribution is 8.15. The first-order chi connectivity index (χ1) is 30.1. The predicted octanol–water partition coefficient (Wildman–Crippen LogP) is 3.32. The fourth-order valence-electron chi connectivity index (χ4n) is 6.18. The Morgan fingerprint density at radius 2 is 1.56 bits per heavy atom. The molecule has 1 aliphatic heterocycles. The second-order valence-electron chi connectivity index (χ2n) is 15.5. The van der Waals surface area contributed by atoms with E-state index in [0.29, 0.717) is 11.5 Å². The van der Waals surface area contributed by atoms with E-state index >= 15 is 0 Å². The second-order valence-corrected chi connectivity index (χ2v) is 22.0. The molecule has 1 saturated heterocycles. The van der Waals surface area contributed by atoms with Crippen LogP contribution in [0.15, 0.2) is 12.7 Å². The molecule has 3 rings (SSSR count). The standard InChI is InChI=1S/C35H62N7O17P3S2/c1-4-5-6-7-8-9-10-11-12-13-17-63-20-26(44)64-18-16-37-25(43)14-15-38-33(47)30(46)35(2,3)21-56-62(53,54)59-61(51,52)55-19-24-29(58-60(48,49)50)28(45)34(57-24)42-23-41-27-31(36)39-22-40-32(27)42/h22-24,28-30,34,45-46H,4-21H2,1-3H3,(H,37,43)(H,38,47)(H,51,52)(H,53,54)(H2,36,39,40)(H2,48,49,50)/t24-,28-,29-,30+,34-/m1/s1. The van der Waals surface area contributed by atoms with Crippen molar-refractivity contribution in [3.8, 4) is 0 Å². The van der Waals surface area contributed by atoms with Gasteiger partial charge in [0.05, 0.1) is 25.3 Å². The molecule has 2 amide bonds. The number of hydrogen-bond acceptors (Lipinski definition) is 19. The van der Waals surface area contributed by atoms with Crippen molar-refractivity contribution in [3.05, 3.63) is 12.7 Å². The van der Waals surface area contributed by atoms with Crippen molar-refractivity contribution < 1.29 is 80.5 Å². The van der Waals surface area contributed by atoms with Crippen LogP contribution in [0.2, 0.25) is 0 Å². The normalized spacial score (nSPS) is 20.5. The number of imidazole rings is 1. The molecule has 10 N–H and O–H groups in total. The van der Waals surface area contributed by atoms with Crippen LogP contribution < -0.4 is 16.4 Å². The van der Waals surface area contributed by atoms with Crippen LogP contribution in [0.5, 0.6) is 0 Å². The first-order valence-electron chi connectivity index (χ1n) is 20.7. The first kappa shape index (κ1) is 56.2. The van der Waals surface area contributed by atoms with Gasteiger partial charge in [-0.15, -0.1) is 0 Å². The lowest BCUT2D eigenvalue weighted by molar-refractivity contribution is -0.137. The minimum Gasteiger partial charge on any atom is -0.386 e. The van der Waals surface area contributed by atoms with Gasteiger partial charge in [-0.05, 0) is 12.2 Å². The third kappa shape index (κ3) is 20.0. The Labute approximate surface area is 379 Å². The van der Waals surface area contributed by atoms with Crippen LogP contribution in [-0.2, 0) is 50.7 Å². The molecule has 29 heteroatoms. The maximum Gasteiger partial charge on any atom is 0.481 e. The van der Waals surface area contributed by atoms with Crippen molar-refractivity contribution in [2.75, 3.05) is 49.3 Å². The number of aromatic nitrogens is 4. The Morgan fingerprint density at radius 3 is 2.22 bits per heavy atom. The van der Waals surface area contributed by atoms with Crippen LogP contribution in [0.3, 0.4) is 0 Å². The number of anilines is 1. The van der Waals surface area contributed by atoms with Gasteiger partial charge in [-0.1, -0.05) is 90.3 Å². The minimum absolute atomic E-state index is 0.0308. The number of phosphoric ester groups is 3. The van der Waals surface area contributed by atoms with Crippen molar-refractivity contribution in [1.82, 2.24) is 30.2 Å². The van der Waals surface area contributed by atoms with Crippen LogP contribution in [-0.4, -0.2) is 134 Å². The van der Waals surface area contributed by atoms with Crippen LogP contribution in [0.4, 0.5) is 5.82 Å². The van der Waals surface area contributed by atoms with E-state index in [-0.39, 0.29) is 41.6 Å². The number of aliphatic hydroxyl groups is 2. The highest BCUT2D eigenvalue weighted by atomic mass is 32.2. The summed E-state index contributed by atoms with van der Waals surface area (Å²) in [5, 5.41) is 26.6. The summed E-state index contributed by atoms with van der Waals surface area (Å²) in [5.74, 6) is 0.294. The number of thioether (sulfide) groups is 2. The van der Waals surface area contributed by atoms with Crippen molar-refractivity contribution in [2.24, 2.45) is 5.41 Å². The van der Waals surface area contributed by atoms with Crippen molar-refractivity contribution in [2.45, 2.75) is 122 Å². The number of aliphatic hydroxyl groups excluding tert-OH is 2. The summed E-state index contributed by atoms with van der Waals surface area (Å²) < 4.78 is 62.4. The lowest BCUT2D eigenvalue weighted by atomic mass is 9.87. The van der Waals surface area contributed by atoms with E-state index < -0.39 is 84.6 Å². The predicted molar refractivity (Wildman–Crippen MR) is 236 cm³/mol. The summed E-state index contributed by atoms with van der Waals surface area (Å²) in [6, 6.07) is 0. The van der Waals surface area contributed by atoms with E-state index in [9.17, 15) is 57.9 Å². The lowest BCUT2D eigenvalue weighted by Gasteiger charge is -2.30. The van der Waals surface area contributed by atoms with Crippen LogP contribution in [0, 0.1) is 5.41 Å². The summed E-state index contributed by atoms with van der Waals surface area (Å²) in [4.78, 5) is 88.2. The topological polar surface area (TPSA) is 364 Å². The maximum absolute atomic E-state index is 12.7. The molecule has 7 atom stereocenters. The zero-order chi connectivity index (χ0) is 47.6. The van der Waals surface area contributed by atoms with Gasteiger partial charge in [0.15, 0.2) is 22.8 Å². The molecular weight excluding hydrogens is 947 g/mol. The summed E-state index contributed by atoms with van der Waals surface area (Å²) >= 11 is 2.74. The molecule has 0 saturated carbocycles. The van der Waals surface area contributed by atoms with Gasteiger partial charge in [-0.25, -0.2) is 28.6 Å². The maximum atomic E-state index is 12.7. The number of nitrogen functional groups attached to an aromatic ring is 1. The Hall–Kier alpha value is -2.09. The molecule has 0 aromatic carbocycles. The first-order valence-corrected chi connectivity index (χ1v) is 27.3. The van der Waals surface area contributed by atoms with Crippen LogP contribution in [0.25, 0.3) is 11.2 Å². The molecule has 2 unspecified atom stereocenters. The molecule has 0 aliphatic carbocycles. The van der Waals surface area contributed by atoms with E-state index in [4.69, 9.17) is 19.5 Å². The van der Waals surface area contributed by atoms with E-state index in [0.717, 1.165) is 41.2 Å². The van der Waals surface area contributed by atoms with Gasteiger partial charge in [0.25, 0.3) is 0 Å². The number of nitrogens with one attached hydrogen (secondary N) is 2. The third-order valence-electron chi connectivity index (χ3n) is 9.63. The Balaban J connectivity index is 1.34. The van der Waals surface area contributed by atoms with Gasteiger partial charge in [-0.2, -0.15) is 16.1 Å². The Kier molecular flexibility index (Phi) is 23.8. The highest BCUT2D eigenvalue weighted by Gasteiger charge is 2.50. The number of fused-ring (bicyclic) bond motifs is 1. The number of nitrogens with two attached hydrogens (primary N) is 1. The third-order valence-corrected chi connectivity index (χ3v) is 14.8. The number of carbonyl (C=O) groups excluding carboxylic acids is 3. The molecule has 0 bridgehead atoms. The molecule has 3 heterocycles. The second kappa shape index (κ2) is 27.0. The molecule has 0 radical (unpaired) electrons. The van der Waals surface area contributed by atoms with Crippen molar-refractivity contribution >= 4 is 80.9 Å². The van der Waals surface area contributed by atoms with Crippen molar-refractivity contribution in [1.29, 1.82) is 0 Å². The fraction of sp³-hybridized carbons (Fsp3) is 0.771. The number of unbranched alkanes of at least 4 members (excludes halogenated alkanes) is 9. The zero-order valence-electron chi connectivity index (χ0n) is 36.0. The summed E-state index contributed by atoms with van der Waals surface area (Å²) in [7, 11) is -16.4. The number of ether oxygens (including phenoxy) is 1. The highest BCUT2D eigenvalue weighted by Crippen LogP contribution is 2.61. The average molecular weight is 1010 g/mol. The Bertz CT molecular complexity index is 1950. The van der Waals surface area contributed by atoms with Gasteiger partial charge < -0.3 is 50.9 Å². The molecular formula is C35H62N7O17P3S2. The van der Waals surface area contributed by atoms with Gasteiger partial charge >= 0.3 is 23.5 Å². The molecule has 1 fully saturated rings. The Morgan fingerprint density at radius 1 is 0.922 bits per heavy atom. The number of nitrogens with zero attached hydrogens (tertiary/aromatic N) is 4. The van der Waals surface area contributed by atoms with E-state index in [1.807, 2.05) is 0 Å². The summed E-state index contributed by atoms with van der Waals surface area (Å²) in [6.45, 7) is 2.78. The molecule has 366 valence electrons. The van der Waals surface area contributed by atoms with Crippen LogP contribution >= 0.6 is 47.0 Å². The van der Waals surface area contributed by atoms with Gasteiger partial charge in [0, 0.05) is 30.7 Å². The van der Waals surface area contributed by atoms with E-state index in [1.54, 1.807) is 11.8 Å². The quantitative estimate of drug-likeness (QED) is 0.0375. The SMILES string of the molecule is CCCCCCCCCCCCSCC(=O)SCCNC(=O)CCNC(=O)[C@H](O)C(C)(C)COP(=O)(O)OP(=O)(O)OC[C@H]1O[C@@H](n2cnc3c(N)ncnc32)[C@H](O)[C@@H]1OP(=O)(O)O. The summed E-state index contributed by atoms with van der Waals surface area (Å²) in [6.07, 6.45) is 5.68. The number of amides is 2. The van der Waals surface area contributed by atoms with Gasteiger partial charge in [-0.3, -0.25) is 32.5 Å². The molecule has 64 heavy (non-hydrogen) atoms. The minimum atomic E-state index is -5.57. The smallest absolute Gasteiger partial charge is 0.386 e. The molecule has 0 spiro atoms. The van der Waals surface area contributed by atoms with E-state index in [1.165, 1.54) is 71.6 Å². The number of hydrogen-bond donors (Lipinski definition) is 9. The van der Waals surface area contributed by atoms with Crippen molar-refractivity contribution in [3.63, 3.8) is 0 Å². The zero-order valence-corrected chi connectivity index (χ0v) is 40.3. The number of phosphoric acid groups is 3. The van der Waals surface area contributed by atoms with E-state index in [2.05, 4.69) is 41.3 Å². The monoisotopic (exact) mass is 1010 g/mol. The molecule has 1 aliphatic rings. The molecule has 2 aromatic rings. The molecule has 24 nitrogen and oxygen atoms in total. The fourth-order valence-corrected chi connectivity index (χ4v) is 10.7. The average Bonchev–Trinajstić information content (AvgIpc) is 3.78.